The molecule has 0 aliphatic carbocycles. The van der Waals surface area contributed by atoms with Crippen molar-refractivity contribution in [2.24, 2.45) is 0 Å². The maximum absolute atomic E-state index is 7.41. The van der Waals surface area contributed by atoms with E-state index in [0.29, 0.717) is 5.71 Å². The van der Waals surface area contributed by atoms with Crippen LogP contribution in [0.2, 0.25) is 0 Å². The fraction of sp³-hybridized carbons (Fsp3) is 0.308. The first kappa shape index (κ1) is 13.4. The molecular weight excluding hydrogens is 184 g/mol. The molecule has 0 saturated heterocycles. The molecule has 0 aliphatic heterocycles. The maximum Gasteiger partial charge on any atom is 0.0381 e. The van der Waals surface area contributed by atoms with E-state index in [1.54, 1.807) is 6.92 Å². The van der Waals surface area contributed by atoms with Gasteiger partial charge in [-0.25, -0.2) is 0 Å². The van der Waals surface area contributed by atoms with Crippen LogP contribution >= 0.6 is 0 Å². The zero-order valence-electron chi connectivity index (χ0n) is 10.0. The molecule has 0 spiro atoms. The summed E-state index contributed by atoms with van der Waals surface area (Å²) in [6.45, 7) is 11.4. The number of hydrogen-bond donors (Lipinski definition) is 2. The average Bonchev–Trinajstić information content (AvgIpc) is 2.20. The van der Waals surface area contributed by atoms with Gasteiger partial charge in [-0.3, -0.25) is 0 Å². The van der Waals surface area contributed by atoms with Gasteiger partial charge in [-0.2, -0.15) is 0 Å². The summed E-state index contributed by atoms with van der Waals surface area (Å²) in [7, 11) is 0. The standard InChI is InChI=1S/C11H14N2.C2H6/c1-8(2)13-11-6-4-10(5-7-11)9(3)12;1-2/h4-7,12-13H,1H2,2-3H3;1-2H3. The first-order valence-corrected chi connectivity index (χ1v) is 5.17. The Balaban J connectivity index is 0.000000921. The van der Waals surface area contributed by atoms with Gasteiger partial charge in [0.2, 0.25) is 0 Å². The lowest BCUT2D eigenvalue weighted by atomic mass is 10.1. The Morgan fingerprint density at radius 1 is 1.13 bits per heavy atom. The predicted molar refractivity (Wildman–Crippen MR) is 68.7 cm³/mol. The Hall–Kier alpha value is -1.57. The number of benzene rings is 1. The molecule has 0 heterocycles. The largest absolute Gasteiger partial charge is 0.360 e. The summed E-state index contributed by atoms with van der Waals surface area (Å²) in [5.41, 5.74) is 3.46. The van der Waals surface area contributed by atoms with Crippen molar-refractivity contribution in [1.82, 2.24) is 0 Å². The van der Waals surface area contributed by atoms with E-state index in [2.05, 4.69) is 11.9 Å². The van der Waals surface area contributed by atoms with E-state index >= 15 is 0 Å². The van der Waals surface area contributed by atoms with Crippen molar-refractivity contribution in [2.75, 3.05) is 5.32 Å². The van der Waals surface area contributed by atoms with Crippen LogP contribution in [0.25, 0.3) is 0 Å². The molecule has 2 heteroatoms. The molecule has 0 amide bonds. The number of allylic oxidation sites excluding steroid dienone is 1. The Labute approximate surface area is 92.5 Å². The molecule has 2 N–H and O–H groups in total. The Morgan fingerprint density at radius 3 is 1.93 bits per heavy atom. The molecule has 1 aromatic rings. The van der Waals surface area contributed by atoms with Gasteiger partial charge in [0, 0.05) is 17.1 Å². The van der Waals surface area contributed by atoms with Crippen LogP contribution in [0.4, 0.5) is 5.69 Å². The fourth-order valence-corrected chi connectivity index (χ4v) is 1.05. The summed E-state index contributed by atoms with van der Waals surface area (Å²) in [5, 5.41) is 10.5. The summed E-state index contributed by atoms with van der Waals surface area (Å²) in [4.78, 5) is 0. The molecule has 15 heavy (non-hydrogen) atoms. The lowest BCUT2D eigenvalue weighted by Gasteiger charge is -2.05. The van der Waals surface area contributed by atoms with Crippen LogP contribution in [-0.4, -0.2) is 5.71 Å². The second-order valence-corrected chi connectivity index (χ2v) is 3.11. The summed E-state index contributed by atoms with van der Waals surface area (Å²) in [5.74, 6) is 0. The van der Waals surface area contributed by atoms with Crippen molar-refractivity contribution >= 4 is 11.4 Å². The van der Waals surface area contributed by atoms with Gasteiger partial charge in [0.1, 0.15) is 0 Å². The highest BCUT2D eigenvalue weighted by molar-refractivity contribution is 5.96. The first-order valence-electron chi connectivity index (χ1n) is 5.17. The van der Waals surface area contributed by atoms with Gasteiger partial charge in [0.15, 0.2) is 0 Å². The van der Waals surface area contributed by atoms with Gasteiger partial charge in [-0.05, 0) is 31.5 Å². The smallest absolute Gasteiger partial charge is 0.0381 e. The highest BCUT2D eigenvalue weighted by Crippen LogP contribution is 2.11. The molecule has 0 aliphatic rings. The minimum Gasteiger partial charge on any atom is -0.360 e. The normalized spacial score (nSPS) is 8.53. The van der Waals surface area contributed by atoms with Crippen molar-refractivity contribution < 1.29 is 0 Å². The fourth-order valence-electron chi connectivity index (χ4n) is 1.05. The SMILES string of the molecule is C=C(C)Nc1ccc(C(C)=N)cc1.CC. The third-order valence-electron chi connectivity index (χ3n) is 1.68. The average molecular weight is 204 g/mol. The van der Waals surface area contributed by atoms with Gasteiger partial charge in [-0.1, -0.05) is 32.6 Å². The molecule has 1 rings (SSSR count). The monoisotopic (exact) mass is 204 g/mol. The predicted octanol–water partition coefficient (Wildman–Crippen LogP) is 4.05. The van der Waals surface area contributed by atoms with E-state index < -0.39 is 0 Å². The molecule has 0 aromatic heterocycles. The topological polar surface area (TPSA) is 35.9 Å². The van der Waals surface area contributed by atoms with Gasteiger partial charge in [-0.15, -0.1) is 0 Å². The van der Waals surface area contributed by atoms with Crippen molar-refractivity contribution in [2.45, 2.75) is 27.7 Å². The van der Waals surface area contributed by atoms with E-state index in [4.69, 9.17) is 5.41 Å². The molecule has 82 valence electrons. The van der Waals surface area contributed by atoms with E-state index in [1.165, 1.54) is 0 Å². The molecule has 0 unspecified atom stereocenters. The number of hydrogen-bond acceptors (Lipinski definition) is 2. The zero-order valence-corrected chi connectivity index (χ0v) is 10.0. The molecule has 0 fully saturated rings. The molecule has 1 aromatic carbocycles. The Bertz CT molecular complexity index is 323. The molecule has 0 radical (unpaired) electrons. The van der Waals surface area contributed by atoms with E-state index in [0.717, 1.165) is 16.9 Å². The van der Waals surface area contributed by atoms with E-state index in [-0.39, 0.29) is 0 Å². The van der Waals surface area contributed by atoms with E-state index in [1.807, 2.05) is 45.0 Å². The van der Waals surface area contributed by atoms with Crippen molar-refractivity contribution in [3.05, 3.63) is 42.1 Å². The van der Waals surface area contributed by atoms with Gasteiger partial charge in [0.05, 0.1) is 0 Å². The third-order valence-corrected chi connectivity index (χ3v) is 1.68. The number of anilines is 1. The lowest BCUT2D eigenvalue weighted by molar-refractivity contribution is 1.39. The summed E-state index contributed by atoms with van der Waals surface area (Å²) >= 11 is 0. The van der Waals surface area contributed by atoms with Crippen LogP contribution in [0.15, 0.2) is 36.5 Å². The van der Waals surface area contributed by atoms with Crippen LogP contribution in [0, 0.1) is 5.41 Å². The first-order chi connectivity index (χ1) is 7.09. The van der Waals surface area contributed by atoms with Crippen LogP contribution in [-0.2, 0) is 0 Å². The van der Waals surface area contributed by atoms with Crippen molar-refractivity contribution in [3.63, 3.8) is 0 Å². The summed E-state index contributed by atoms with van der Waals surface area (Å²) < 4.78 is 0. The molecule has 0 saturated carbocycles. The van der Waals surface area contributed by atoms with Gasteiger partial charge < -0.3 is 10.7 Å². The zero-order chi connectivity index (χ0) is 11.8. The maximum atomic E-state index is 7.41. The number of rotatable bonds is 3. The minimum absolute atomic E-state index is 0.585. The lowest BCUT2D eigenvalue weighted by Crippen LogP contribution is -1.95. The van der Waals surface area contributed by atoms with E-state index in [9.17, 15) is 0 Å². The Morgan fingerprint density at radius 2 is 1.60 bits per heavy atom. The highest BCUT2D eigenvalue weighted by atomic mass is 14.9. The number of nitrogens with one attached hydrogen (secondary N) is 2. The third kappa shape index (κ3) is 5.01. The quantitative estimate of drug-likeness (QED) is 0.716. The van der Waals surface area contributed by atoms with Crippen molar-refractivity contribution in [3.8, 4) is 0 Å². The van der Waals surface area contributed by atoms with Gasteiger partial charge >= 0.3 is 0 Å². The van der Waals surface area contributed by atoms with Crippen LogP contribution in [0.1, 0.15) is 33.3 Å². The molecular formula is C13H20N2. The molecule has 0 atom stereocenters. The van der Waals surface area contributed by atoms with Crippen LogP contribution in [0.3, 0.4) is 0 Å². The van der Waals surface area contributed by atoms with Crippen molar-refractivity contribution in [1.29, 1.82) is 5.41 Å². The highest BCUT2D eigenvalue weighted by Gasteiger charge is 1.95. The minimum atomic E-state index is 0.585. The van der Waals surface area contributed by atoms with Crippen LogP contribution < -0.4 is 5.32 Å². The second-order valence-electron chi connectivity index (χ2n) is 3.11. The van der Waals surface area contributed by atoms with Gasteiger partial charge in [0.25, 0.3) is 0 Å². The molecule has 2 nitrogen and oxygen atoms in total. The molecule has 0 bridgehead atoms. The van der Waals surface area contributed by atoms with Crippen LogP contribution in [0.5, 0.6) is 0 Å². The Kier molecular flexibility index (Phi) is 6.11. The summed E-state index contributed by atoms with van der Waals surface area (Å²) in [6.07, 6.45) is 0. The second kappa shape index (κ2) is 6.82. The summed E-state index contributed by atoms with van der Waals surface area (Å²) in [6, 6.07) is 7.74.